The monoisotopic (exact) mass is 496 g/mol. The number of nitrogens with one attached hydrogen (secondary N) is 1. The summed E-state index contributed by atoms with van der Waals surface area (Å²) < 4.78 is 14.2. The Morgan fingerprint density at radius 1 is 0.946 bits per heavy atom. The lowest BCUT2D eigenvalue weighted by molar-refractivity contribution is -0.118. The zero-order valence-electron chi connectivity index (χ0n) is 21.1. The third-order valence-corrected chi connectivity index (χ3v) is 8.27. The third-order valence-electron chi connectivity index (χ3n) is 8.27. The molecule has 1 N–H and O–H groups in total. The van der Waals surface area contributed by atoms with Crippen molar-refractivity contribution in [2.75, 3.05) is 5.32 Å². The van der Waals surface area contributed by atoms with E-state index in [2.05, 4.69) is 17.4 Å². The van der Waals surface area contributed by atoms with Crippen molar-refractivity contribution in [3.05, 3.63) is 100 Å². The summed E-state index contributed by atoms with van der Waals surface area (Å²) in [5, 5.41) is 3.22. The number of benzene rings is 3. The highest BCUT2D eigenvalue weighted by Crippen LogP contribution is 2.39. The summed E-state index contributed by atoms with van der Waals surface area (Å²) in [4.78, 5) is 28.0. The van der Waals surface area contributed by atoms with Crippen molar-refractivity contribution in [3.63, 3.8) is 0 Å². The lowest BCUT2D eigenvalue weighted by Gasteiger charge is -2.24. The fraction of sp³-hybridized carbons (Fsp3) is 0.375. The van der Waals surface area contributed by atoms with E-state index >= 15 is 0 Å². The molecule has 3 aromatic carbocycles. The van der Waals surface area contributed by atoms with E-state index in [4.69, 9.17) is 0 Å². The molecule has 3 aliphatic rings. The van der Waals surface area contributed by atoms with Gasteiger partial charge in [-0.25, -0.2) is 4.39 Å². The maximum Gasteiger partial charge on any atom is 0.254 e. The summed E-state index contributed by atoms with van der Waals surface area (Å²) in [5.41, 5.74) is 5.09. The van der Waals surface area contributed by atoms with E-state index in [1.807, 2.05) is 36.4 Å². The van der Waals surface area contributed by atoms with Crippen molar-refractivity contribution >= 4 is 17.5 Å². The number of hydrogen-bond donors (Lipinski definition) is 1. The summed E-state index contributed by atoms with van der Waals surface area (Å²) in [6.45, 7) is 0.705. The molecule has 1 heterocycles. The van der Waals surface area contributed by atoms with Crippen LogP contribution in [0, 0.1) is 17.7 Å². The molecule has 0 radical (unpaired) electrons. The maximum atomic E-state index is 14.2. The van der Waals surface area contributed by atoms with Crippen LogP contribution < -0.4 is 5.32 Å². The fourth-order valence-corrected chi connectivity index (χ4v) is 6.11. The molecule has 0 aromatic heterocycles. The van der Waals surface area contributed by atoms with Gasteiger partial charge in [0.2, 0.25) is 5.91 Å². The van der Waals surface area contributed by atoms with Crippen molar-refractivity contribution in [1.29, 1.82) is 0 Å². The van der Waals surface area contributed by atoms with Crippen LogP contribution in [0.3, 0.4) is 0 Å². The molecule has 4 nitrogen and oxygen atoms in total. The summed E-state index contributed by atoms with van der Waals surface area (Å²) in [6.07, 6.45) is 8.17. The van der Waals surface area contributed by atoms with Gasteiger partial charge in [-0.2, -0.15) is 0 Å². The van der Waals surface area contributed by atoms with Crippen LogP contribution in [0.5, 0.6) is 0 Å². The molecule has 1 aliphatic heterocycles. The second-order valence-electron chi connectivity index (χ2n) is 11.0. The Labute approximate surface area is 217 Å². The number of hydrogen-bond acceptors (Lipinski definition) is 2. The Morgan fingerprint density at radius 3 is 2.43 bits per heavy atom. The normalized spacial score (nSPS) is 18.2. The second-order valence-corrected chi connectivity index (χ2v) is 11.0. The first-order valence-corrected chi connectivity index (χ1v) is 13.6. The first-order chi connectivity index (χ1) is 18.0. The molecule has 190 valence electrons. The highest BCUT2D eigenvalue weighted by atomic mass is 19.1. The zero-order chi connectivity index (χ0) is 25.4. The Hall–Kier alpha value is -3.47. The minimum absolute atomic E-state index is 0.0591. The molecule has 2 fully saturated rings. The molecule has 1 atom stereocenters. The summed E-state index contributed by atoms with van der Waals surface area (Å²) in [7, 11) is 0. The first-order valence-electron chi connectivity index (χ1n) is 13.6. The summed E-state index contributed by atoms with van der Waals surface area (Å²) in [6, 6.07) is 21.1. The number of carbonyl (C=O) groups excluding carboxylic acids is 2. The smallest absolute Gasteiger partial charge is 0.254 e. The minimum atomic E-state index is -0.327. The predicted octanol–water partition coefficient (Wildman–Crippen LogP) is 6.85. The second kappa shape index (κ2) is 10.1. The number of carbonyl (C=O) groups is 2. The van der Waals surface area contributed by atoms with E-state index in [1.165, 1.54) is 24.5 Å². The quantitative estimate of drug-likeness (QED) is 0.371. The lowest BCUT2D eigenvalue weighted by Crippen LogP contribution is -2.27. The van der Waals surface area contributed by atoms with Gasteiger partial charge in [0.25, 0.3) is 5.91 Å². The number of anilines is 1. The van der Waals surface area contributed by atoms with E-state index in [0.717, 1.165) is 54.8 Å². The summed E-state index contributed by atoms with van der Waals surface area (Å²) >= 11 is 0. The van der Waals surface area contributed by atoms with Gasteiger partial charge in [-0.1, -0.05) is 55.3 Å². The Balaban J connectivity index is 1.17. The predicted molar refractivity (Wildman–Crippen MR) is 143 cm³/mol. The summed E-state index contributed by atoms with van der Waals surface area (Å²) in [5.74, 6) is 0.537. The zero-order valence-corrected chi connectivity index (χ0v) is 21.1. The van der Waals surface area contributed by atoms with Gasteiger partial charge in [0, 0.05) is 23.4 Å². The van der Waals surface area contributed by atoms with E-state index in [-0.39, 0.29) is 30.1 Å². The third kappa shape index (κ3) is 5.18. The Morgan fingerprint density at radius 2 is 1.70 bits per heavy atom. The number of halogens is 1. The van der Waals surface area contributed by atoms with Crippen molar-refractivity contribution in [3.8, 4) is 0 Å². The molecule has 0 bridgehead atoms. The van der Waals surface area contributed by atoms with Gasteiger partial charge < -0.3 is 10.2 Å². The number of nitrogens with zero attached hydrogens (tertiary/aromatic N) is 1. The lowest BCUT2D eigenvalue weighted by atomic mass is 9.83. The van der Waals surface area contributed by atoms with Crippen LogP contribution in [-0.2, 0) is 24.3 Å². The molecule has 37 heavy (non-hydrogen) atoms. The Bertz CT molecular complexity index is 1310. The van der Waals surface area contributed by atoms with Crippen LogP contribution in [0.1, 0.15) is 77.1 Å². The van der Waals surface area contributed by atoms with Gasteiger partial charge >= 0.3 is 0 Å². The Kier molecular flexibility index (Phi) is 6.54. The van der Waals surface area contributed by atoms with Crippen molar-refractivity contribution in [2.45, 2.75) is 64.0 Å². The van der Waals surface area contributed by atoms with Crippen molar-refractivity contribution in [2.24, 2.45) is 11.8 Å². The average Bonchev–Trinajstić information content (AvgIpc) is 3.43. The standard InChI is InChI=1S/C32H33FN2O2/c33-29-10-4-9-27-28(29)20-35(32(27)37)19-22-13-15-25(16-14-22)30(24-6-1-2-7-24)31(36)34-26-8-3-5-23(18-26)17-21-11-12-21/h3-5,8-10,13-16,18,21,24,30H,1-2,6-7,11-12,17,19-20H2,(H,34,36). The first kappa shape index (κ1) is 23.9. The highest BCUT2D eigenvalue weighted by molar-refractivity contribution is 5.98. The van der Waals surface area contributed by atoms with Crippen LogP contribution in [0.2, 0.25) is 0 Å². The van der Waals surface area contributed by atoms with E-state index in [0.29, 0.717) is 23.6 Å². The fourth-order valence-electron chi connectivity index (χ4n) is 6.11. The molecule has 0 spiro atoms. The molecule has 2 aliphatic carbocycles. The van der Waals surface area contributed by atoms with E-state index in [1.54, 1.807) is 17.0 Å². The van der Waals surface area contributed by atoms with E-state index < -0.39 is 0 Å². The van der Waals surface area contributed by atoms with Gasteiger partial charge in [0.1, 0.15) is 5.82 Å². The topological polar surface area (TPSA) is 49.4 Å². The molecular formula is C32H33FN2O2. The molecule has 3 aromatic rings. The number of rotatable bonds is 8. The van der Waals surface area contributed by atoms with Gasteiger partial charge in [0.05, 0.1) is 12.5 Å². The van der Waals surface area contributed by atoms with Crippen LogP contribution in [-0.4, -0.2) is 16.7 Å². The van der Waals surface area contributed by atoms with Gasteiger partial charge in [-0.3, -0.25) is 9.59 Å². The SMILES string of the molecule is O=C(Nc1cccc(CC2CC2)c1)C(c1ccc(CN2Cc3c(F)cccc3C2=O)cc1)C1CCCC1. The maximum absolute atomic E-state index is 14.2. The van der Waals surface area contributed by atoms with Crippen LogP contribution in [0.15, 0.2) is 66.7 Å². The van der Waals surface area contributed by atoms with Gasteiger partial charge in [-0.15, -0.1) is 0 Å². The van der Waals surface area contributed by atoms with Gasteiger partial charge in [-0.05, 0) is 84.9 Å². The number of amides is 2. The average molecular weight is 497 g/mol. The van der Waals surface area contributed by atoms with Crippen molar-refractivity contribution < 1.29 is 14.0 Å². The van der Waals surface area contributed by atoms with E-state index in [9.17, 15) is 14.0 Å². The molecular weight excluding hydrogens is 463 g/mol. The molecule has 6 rings (SSSR count). The van der Waals surface area contributed by atoms with Crippen LogP contribution in [0.25, 0.3) is 0 Å². The number of fused-ring (bicyclic) bond motifs is 1. The van der Waals surface area contributed by atoms with Crippen molar-refractivity contribution in [1.82, 2.24) is 4.90 Å². The highest BCUT2D eigenvalue weighted by Gasteiger charge is 2.33. The largest absolute Gasteiger partial charge is 0.330 e. The van der Waals surface area contributed by atoms with Crippen LogP contribution in [0.4, 0.5) is 10.1 Å². The minimum Gasteiger partial charge on any atom is -0.330 e. The molecule has 0 saturated heterocycles. The molecule has 5 heteroatoms. The van der Waals surface area contributed by atoms with Gasteiger partial charge in [0.15, 0.2) is 0 Å². The molecule has 2 amide bonds. The molecule has 1 unspecified atom stereocenters. The molecule has 2 saturated carbocycles. The van der Waals surface area contributed by atoms with Crippen LogP contribution >= 0.6 is 0 Å².